The standard InChI is InChI=1S/C14H16N4O4/c19-18(20)12-3-1-11(2-4-12)14-15-13(16-22-14)5-6-17-7-9-21-10-8-17/h1-4H,5-10H2. The van der Waals surface area contributed by atoms with Crippen molar-refractivity contribution in [3.8, 4) is 11.5 Å². The van der Waals surface area contributed by atoms with Crippen LogP contribution in [0.4, 0.5) is 5.69 Å². The van der Waals surface area contributed by atoms with Crippen LogP contribution in [-0.2, 0) is 11.2 Å². The van der Waals surface area contributed by atoms with E-state index in [-0.39, 0.29) is 5.69 Å². The molecule has 8 nitrogen and oxygen atoms in total. The molecule has 0 atom stereocenters. The third-order valence-corrected chi connectivity index (χ3v) is 3.55. The Morgan fingerprint density at radius 3 is 2.64 bits per heavy atom. The summed E-state index contributed by atoms with van der Waals surface area (Å²) < 4.78 is 10.5. The molecule has 0 bridgehead atoms. The highest BCUT2D eigenvalue weighted by Crippen LogP contribution is 2.20. The summed E-state index contributed by atoms with van der Waals surface area (Å²) in [4.78, 5) is 16.8. The minimum Gasteiger partial charge on any atom is -0.379 e. The molecule has 2 heterocycles. The van der Waals surface area contributed by atoms with Crippen molar-refractivity contribution in [1.29, 1.82) is 0 Å². The van der Waals surface area contributed by atoms with Crippen LogP contribution in [0.15, 0.2) is 28.8 Å². The zero-order chi connectivity index (χ0) is 15.4. The smallest absolute Gasteiger partial charge is 0.269 e. The second-order valence-electron chi connectivity index (χ2n) is 5.02. The van der Waals surface area contributed by atoms with Gasteiger partial charge in [0, 0.05) is 43.8 Å². The zero-order valence-corrected chi connectivity index (χ0v) is 12.0. The van der Waals surface area contributed by atoms with E-state index in [9.17, 15) is 10.1 Å². The highest BCUT2D eigenvalue weighted by molar-refractivity contribution is 5.55. The maximum Gasteiger partial charge on any atom is 0.269 e. The van der Waals surface area contributed by atoms with Gasteiger partial charge in [-0.05, 0) is 12.1 Å². The van der Waals surface area contributed by atoms with E-state index in [1.807, 2.05) is 0 Å². The molecule has 1 aromatic carbocycles. The number of nitrogens with zero attached hydrogens (tertiary/aromatic N) is 4. The van der Waals surface area contributed by atoms with Crippen LogP contribution in [0, 0.1) is 10.1 Å². The number of nitro benzene ring substituents is 1. The second-order valence-corrected chi connectivity index (χ2v) is 5.02. The Morgan fingerprint density at radius 2 is 1.95 bits per heavy atom. The molecule has 0 spiro atoms. The van der Waals surface area contributed by atoms with Gasteiger partial charge in [-0.2, -0.15) is 4.98 Å². The van der Waals surface area contributed by atoms with Crippen molar-refractivity contribution < 1.29 is 14.2 Å². The van der Waals surface area contributed by atoms with Crippen molar-refractivity contribution in [3.05, 3.63) is 40.2 Å². The Morgan fingerprint density at radius 1 is 1.23 bits per heavy atom. The van der Waals surface area contributed by atoms with Crippen molar-refractivity contribution in [1.82, 2.24) is 15.0 Å². The molecule has 8 heteroatoms. The molecular formula is C14H16N4O4. The van der Waals surface area contributed by atoms with E-state index in [2.05, 4.69) is 15.0 Å². The van der Waals surface area contributed by atoms with Crippen LogP contribution in [0.25, 0.3) is 11.5 Å². The first-order valence-electron chi connectivity index (χ1n) is 7.10. The molecule has 1 aliphatic heterocycles. The molecule has 3 rings (SSSR count). The molecule has 2 aromatic rings. The number of morpholine rings is 1. The van der Waals surface area contributed by atoms with Crippen LogP contribution < -0.4 is 0 Å². The van der Waals surface area contributed by atoms with Gasteiger partial charge in [0.1, 0.15) is 0 Å². The molecule has 116 valence electrons. The fraction of sp³-hybridized carbons (Fsp3) is 0.429. The highest BCUT2D eigenvalue weighted by Gasteiger charge is 2.14. The van der Waals surface area contributed by atoms with E-state index in [0.717, 1.165) is 32.8 Å². The summed E-state index contributed by atoms with van der Waals surface area (Å²) in [5.41, 5.74) is 0.714. The van der Waals surface area contributed by atoms with E-state index < -0.39 is 4.92 Å². The van der Waals surface area contributed by atoms with Crippen molar-refractivity contribution in [2.75, 3.05) is 32.8 Å². The average Bonchev–Trinajstić information content (AvgIpc) is 3.03. The summed E-state index contributed by atoms with van der Waals surface area (Å²) in [6.07, 6.45) is 0.705. The molecule has 1 fully saturated rings. The number of benzene rings is 1. The molecule has 0 aliphatic carbocycles. The molecule has 1 saturated heterocycles. The van der Waals surface area contributed by atoms with Crippen LogP contribution in [0.3, 0.4) is 0 Å². The Bertz CT molecular complexity index is 635. The monoisotopic (exact) mass is 304 g/mol. The maximum atomic E-state index is 10.6. The van der Waals surface area contributed by atoms with Crippen LogP contribution in [0.5, 0.6) is 0 Å². The number of hydrogen-bond acceptors (Lipinski definition) is 7. The van der Waals surface area contributed by atoms with Crippen molar-refractivity contribution >= 4 is 5.69 Å². The molecular weight excluding hydrogens is 288 g/mol. The SMILES string of the molecule is O=[N+]([O-])c1ccc(-c2nc(CCN3CCOCC3)no2)cc1. The van der Waals surface area contributed by atoms with Crippen LogP contribution >= 0.6 is 0 Å². The quantitative estimate of drug-likeness (QED) is 0.610. The largest absolute Gasteiger partial charge is 0.379 e. The fourth-order valence-corrected chi connectivity index (χ4v) is 2.28. The average molecular weight is 304 g/mol. The molecule has 0 unspecified atom stereocenters. The normalized spacial score (nSPS) is 15.8. The molecule has 0 saturated carbocycles. The van der Waals surface area contributed by atoms with E-state index in [1.165, 1.54) is 12.1 Å². The Hall–Kier alpha value is -2.32. The second kappa shape index (κ2) is 6.63. The molecule has 1 aromatic heterocycles. The lowest BCUT2D eigenvalue weighted by Crippen LogP contribution is -2.37. The summed E-state index contributed by atoms with van der Waals surface area (Å²) in [5, 5.41) is 14.6. The summed E-state index contributed by atoms with van der Waals surface area (Å²) in [7, 11) is 0. The van der Waals surface area contributed by atoms with Gasteiger partial charge in [-0.25, -0.2) is 0 Å². The van der Waals surface area contributed by atoms with Gasteiger partial charge >= 0.3 is 0 Å². The van der Waals surface area contributed by atoms with Crippen molar-refractivity contribution in [2.24, 2.45) is 0 Å². The Kier molecular flexibility index (Phi) is 4.40. The van der Waals surface area contributed by atoms with Crippen LogP contribution in [0.2, 0.25) is 0 Å². The van der Waals surface area contributed by atoms with E-state index in [4.69, 9.17) is 9.26 Å². The van der Waals surface area contributed by atoms with Gasteiger partial charge in [-0.1, -0.05) is 5.16 Å². The van der Waals surface area contributed by atoms with Gasteiger partial charge in [-0.15, -0.1) is 0 Å². The number of nitro groups is 1. The lowest BCUT2D eigenvalue weighted by Gasteiger charge is -2.25. The number of hydrogen-bond donors (Lipinski definition) is 0. The number of ether oxygens (including phenoxy) is 1. The molecule has 1 aliphatic rings. The predicted octanol–water partition coefficient (Wildman–Crippen LogP) is 1.52. The lowest BCUT2D eigenvalue weighted by atomic mass is 10.2. The topological polar surface area (TPSA) is 94.5 Å². The molecule has 0 amide bonds. The van der Waals surface area contributed by atoms with E-state index in [0.29, 0.717) is 23.7 Å². The van der Waals surface area contributed by atoms with Gasteiger partial charge < -0.3 is 9.26 Å². The first-order chi connectivity index (χ1) is 10.7. The third-order valence-electron chi connectivity index (χ3n) is 3.55. The van der Waals surface area contributed by atoms with Crippen LogP contribution in [0.1, 0.15) is 5.82 Å². The van der Waals surface area contributed by atoms with Crippen molar-refractivity contribution in [2.45, 2.75) is 6.42 Å². The third kappa shape index (κ3) is 3.46. The van der Waals surface area contributed by atoms with Gasteiger partial charge in [0.25, 0.3) is 11.6 Å². The zero-order valence-electron chi connectivity index (χ0n) is 12.0. The fourth-order valence-electron chi connectivity index (χ4n) is 2.28. The predicted molar refractivity (Wildman–Crippen MR) is 77.4 cm³/mol. The Labute approximate surface area is 126 Å². The maximum absolute atomic E-state index is 10.6. The van der Waals surface area contributed by atoms with E-state index >= 15 is 0 Å². The first-order valence-corrected chi connectivity index (χ1v) is 7.10. The van der Waals surface area contributed by atoms with E-state index in [1.54, 1.807) is 12.1 Å². The Balaban J connectivity index is 1.61. The van der Waals surface area contributed by atoms with Crippen molar-refractivity contribution in [3.63, 3.8) is 0 Å². The van der Waals surface area contributed by atoms with Gasteiger partial charge in [-0.3, -0.25) is 15.0 Å². The minimum absolute atomic E-state index is 0.0378. The summed E-state index contributed by atoms with van der Waals surface area (Å²) in [6.45, 7) is 4.24. The van der Waals surface area contributed by atoms with Crippen LogP contribution in [-0.4, -0.2) is 52.8 Å². The molecule has 22 heavy (non-hydrogen) atoms. The number of rotatable bonds is 5. The minimum atomic E-state index is -0.439. The number of aromatic nitrogens is 2. The lowest BCUT2D eigenvalue weighted by molar-refractivity contribution is -0.384. The highest BCUT2D eigenvalue weighted by atomic mass is 16.6. The summed E-state index contributed by atoms with van der Waals surface area (Å²) in [6, 6.07) is 6.06. The first kappa shape index (κ1) is 14.6. The molecule has 0 radical (unpaired) electrons. The molecule has 0 N–H and O–H groups in total. The summed E-state index contributed by atoms with van der Waals surface area (Å²) >= 11 is 0. The van der Waals surface area contributed by atoms with Gasteiger partial charge in [0.15, 0.2) is 5.82 Å². The van der Waals surface area contributed by atoms with Gasteiger partial charge in [0.05, 0.1) is 18.1 Å². The van der Waals surface area contributed by atoms with Gasteiger partial charge in [0.2, 0.25) is 0 Å². The number of non-ortho nitro benzene ring substituents is 1. The summed E-state index contributed by atoms with van der Waals surface area (Å²) in [5.74, 6) is 1.02.